The predicted molar refractivity (Wildman–Crippen MR) is 61.7 cm³/mol. The van der Waals surface area contributed by atoms with Crippen molar-refractivity contribution in [2.75, 3.05) is 4.90 Å². The molecule has 0 unspecified atom stereocenters. The summed E-state index contributed by atoms with van der Waals surface area (Å²) in [4.78, 5) is 16.9. The zero-order valence-corrected chi connectivity index (χ0v) is 9.77. The summed E-state index contributed by atoms with van der Waals surface area (Å²) in [5.74, 6) is 0.378. The summed E-state index contributed by atoms with van der Waals surface area (Å²) in [6.45, 7) is 8.32. The van der Waals surface area contributed by atoms with Gasteiger partial charge in [0.2, 0.25) is 6.41 Å². The lowest BCUT2D eigenvalue weighted by atomic mass is 9.89. The normalized spacial score (nSPS) is 11.5. The summed E-state index contributed by atoms with van der Waals surface area (Å²) in [5.41, 5.74) is 0.635. The molecule has 0 saturated heterocycles. The minimum Gasteiger partial charge on any atom is -0.308 e. The molecule has 3 heteroatoms. The lowest BCUT2D eigenvalue weighted by Crippen LogP contribution is -2.47. The smallest absolute Gasteiger partial charge is 0.214 e. The molecule has 1 aromatic heterocycles. The third-order valence-electron chi connectivity index (χ3n) is 3.06. The van der Waals surface area contributed by atoms with Crippen molar-refractivity contribution < 1.29 is 4.79 Å². The maximum atomic E-state index is 11.2. The van der Waals surface area contributed by atoms with Gasteiger partial charge in [-0.3, -0.25) is 9.78 Å². The summed E-state index contributed by atoms with van der Waals surface area (Å²) in [5, 5.41) is 0. The average molecular weight is 206 g/mol. The molecule has 1 rings (SSSR count). The molecular formula is C12H18N2O. The van der Waals surface area contributed by atoms with Crippen molar-refractivity contribution in [3.05, 3.63) is 24.5 Å². The highest BCUT2D eigenvalue weighted by atomic mass is 16.1. The van der Waals surface area contributed by atoms with E-state index in [2.05, 4.69) is 32.7 Å². The van der Waals surface area contributed by atoms with Crippen LogP contribution in [-0.2, 0) is 4.79 Å². The van der Waals surface area contributed by atoms with Crippen LogP contribution < -0.4 is 4.90 Å². The van der Waals surface area contributed by atoms with E-state index >= 15 is 0 Å². The lowest BCUT2D eigenvalue weighted by Gasteiger charge is -2.39. The van der Waals surface area contributed by atoms with E-state index in [1.807, 2.05) is 12.1 Å². The number of hydrogen-bond acceptors (Lipinski definition) is 2. The summed E-state index contributed by atoms with van der Waals surface area (Å²) in [6.07, 6.45) is 4.28. The lowest BCUT2D eigenvalue weighted by molar-refractivity contribution is -0.108. The number of pyridine rings is 1. The van der Waals surface area contributed by atoms with Crippen LogP contribution in [0.4, 0.5) is 5.69 Å². The number of aromatic nitrogens is 1. The number of carbonyl (C=O) groups excluding carboxylic acids is 1. The molecule has 0 aliphatic heterocycles. The Hall–Kier alpha value is -1.38. The molecule has 0 fully saturated rings. The maximum absolute atomic E-state index is 11.2. The summed E-state index contributed by atoms with van der Waals surface area (Å²) < 4.78 is 0. The minimum absolute atomic E-state index is 0.204. The van der Waals surface area contributed by atoms with Crippen molar-refractivity contribution in [3.63, 3.8) is 0 Å². The monoisotopic (exact) mass is 206 g/mol. The SMILES string of the molecule is CC(C)C(C)(C)N(C=O)c1cccnc1. The van der Waals surface area contributed by atoms with E-state index in [1.54, 1.807) is 17.3 Å². The highest BCUT2D eigenvalue weighted by Crippen LogP contribution is 2.27. The number of anilines is 1. The number of nitrogens with zero attached hydrogens (tertiary/aromatic N) is 2. The molecule has 1 heterocycles. The Morgan fingerprint density at radius 2 is 2.13 bits per heavy atom. The zero-order valence-electron chi connectivity index (χ0n) is 9.77. The van der Waals surface area contributed by atoms with Gasteiger partial charge < -0.3 is 4.90 Å². The van der Waals surface area contributed by atoms with Crippen molar-refractivity contribution in [2.24, 2.45) is 5.92 Å². The van der Waals surface area contributed by atoms with E-state index in [0.717, 1.165) is 12.1 Å². The van der Waals surface area contributed by atoms with Crippen LogP contribution in [-0.4, -0.2) is 16.9 Å². The van der Waals surface area contributed by atoms with Crippen molar-refractivity contribution in [1.29, 1.82) is 0 Å². The van der Waals surface area contributed by atoms with Crippen LogP contribution in [0.25, 0.3) is 0 Å². The molecule has 0 aliphatic rings. The summed E-state index contributed by atoms with van der Waals surface area (Å²) in [6, 6.07) is 3.73. The topological polar surface area (TPSA) is 33.2 Å². The first-order valence-corrected chi connectivity index (χ1v) is 5.14. The van der Waals surface area contributed by atoms with E-state index in [1.165, 1.54) is 0 Å². The standard InChI is InChI=1S/C12H18N2O/c1-10(2)12(3,4)14(9-15)11-6-5-7-13-8-11/h5-10H,1-4H3. The third-order valence-corrected chi connectivity index (χ3v) is 3.06. The van der Waals surface area contributed by atoms with Crippen LogP contribution >= 0.6 is 0 Å². The van der Waals surface area contributed by atoms with Crippen LogP contribution in [0.2, 0.25) is 0 Å². The van der Waals surface area contributed by atoms with Gasteiger partial charge in [0.05, 0.1) is 11.9 Å². The molecule has 0 aromatic carbocycles. The van der Waals surface area contributed by atoms with E-state index in [0.29, 0.717) is 5.92 Å². The number of rotatable bonds is 4. The van der Waals surface area contributed by atoms with Crippen molar-refractivity contribution in [3.8, 4) is 0 Å². The second-order valence-corrected chi connectivity index (χ2v) is 4.49. The molecule has 0 N–H and O–H groups in total. The highest BCUT2D eigenvalue weighted by Gasteiger charge is 2.30. The molecule has 0 atom stereocenters. The molecule has 82 valence electrons. The summed E-state index contributed by atoms with van der Waals surface area (Å²) >= 11 is 0. The van der Waals surface area contributed by atoms with Gasteiger partial charge in [-0.25, -0.2) is 0 Å². The van der Waals surface area contributed by atoms with Gasteiger partial charge in [-0.05, 0) is 31.9 Å². The maximum Gasteiger partial charge on any atom is 0.214 e. The zero-order chi connectivity index (χ0) is 11.5. The van der Waals surface area contributed by atoms with E-state index in [9.17, 15) is 4.79 Å². The van der Waals surface area contributed by atoms with Crippen LogP contribution in [0.5, 0.6) is 0 Å². The van der Waals surface area contributed by atoms with E-state index in [-0.39, 0.29) is 5.54 Å². The second-order valence-electron chi connectivity index (χ2n) is 4.49. The van der Waals surface area contributed by atoms with Gasteiger partial charge in [-0.15, -0.1) is 0 Å². The first-order valence-electron chi connectivity index (χ1n) is 5.14. The van der Waals surface area contributed by atoms with Crippen molar-refractivity contribution in [1.82, 2.24) is 4.98 Å². The van der Waals surface area contributed by atoms with Gasteiger partial charge in [0, 0.05) is 11.7 Å². The molecule has 3 nitrogen and oxygen atoms in total. The van der Waals surface area contributed by atoms with Crippen LogP contribution in [0.15, 0.2) is 24.5 Å². The Kier molecular flexibility index (Phi) is 3.45. The molecule has 1 aromatic rings. The van der Waals surface area contributed by atoms with Crippen LogP contribution in [0, 0.1) is 5.92 Å². The fraction of sp³-hybridized carbons (Fsp3) is 0.500. The predicted octanol–water partition coefficient (Wildman–Crippen LogP) is 2.48. The number of carbonyl (C=O) groups is 1. The molecule has 0 aliphatic carbocycles. The molecule has 0 radical (unpaired) electrons. The van der Waals surface area contributed by atoms with Gasteiger partial charge in [-0.2, -0.15) is 0 Å². The third kappa shape index (κ3) is 2.35. The van der Waals surface area contributed by atoms with Crippen molar-refractivity contribution >= 4 is 12.1 Å². The largest absolute Gasteiger partial charge is 0.308 e. The van der Waals surface area contributed by atoms with Gasteiger partial charge in [-0.1, -0.05) is 13.8 Å². The van der Waals surface area contributed by atoms with E-state index in [4.69, 9.17) is 0 Å². The Balaban J connectivity index is 3.05. The molecule has 15 heavy (non-hydrogen) atoms. The highest BCUT2D eigenvalue weighted by molar-refractivity contribution is 5.76. The Labute approximate surface area is 91.1 Å². The van der Waals surface area contributed by atoms with Crippen LogP contribution in [0.1, 0.15) is 27.7 Å². The second kappa shape index (κ2) is 4.43. The summed E-state index contributed by atoms with van der Waals surface area (Å²) in [7, 11) is 0. The fourth-order valence-corrected chi connectivity index (χ4v) is 1.30. The first-order chi connectivity index (χ1) is 7.00. The van der Waals surface area contributed by atoms with Crippen LogP contribution in [0.3, 0.4) is 0 Å². The Bertz CT molecular complexity index is 320. The quantitative estimate of drug-likeness (QED) is 0.709. The van der Waals surface area contributed by atoms with Gasteiger partial charge in [0.25, 0.3) is 0 Å². The minimum atomic E-state index is -0.204. The Morgan fingerprint density at radius 1 is 1.47 bits per heavy atom. The first kappa shape index (κ1) is 11.7. The molecule has 1 amide bonds. The van der Waals surface area contributed by atoms with Crippen molar-refractivity contribution in [2.45, 2.75) is 33.2 Å². The molecule has 0 saturated carbocycles. The molecule has 0 spiro atoms. The average Bonchev–Trinajstić information content (AvgIpc) is 2.19. The molecular weight excluding hydrogens is 188 g/mol. The van der Waals surface area contributed by atoms with Gasteiger partial charge in [0.1, 0.15) is 0 Å². The number of amides is 1. The number of hydrogen-bond donors (Lipinski definition) is 0. The molecule has 0 bridgehead atoms. The van der Waals surface area contributed by atoms with E-state index < -0.39 is 0 Å². The van der Waals surface area contributed by atoms with Gasteiger partial charge in [0.15, 0.2) is 0 Å². The van der Waals surface area contributed by atoms with Gasteiger partial charge >= 0.3 is 0 Å². The fourth-order valence-electron chi connectivity index (χ4n) is 1.30. The Morgan fingerprint density at radius 3 is 2.53 bits per heavy atom.